The van der Waals surface area contributed by atoms with Gasteiger partial charge < -0.3 is 0 Å². The molecule has 0 saturated heterocycles. The van der Waals surface area contributed by atoms with Crippen molar-refractivity contribution in [1.29, 1.82) is 0 Å². The molecule has 0 saturated carbocycles. The predicted molar refractivity (Wildman–Crippen MR) is 232 cm³/mol. The molecule has 2 unspecified atom stereocenters. The minimum atomic E-state index is -5.04. The first-order chi connectivity index (χ1) is 23.9. The van der Waals surface area contributed by atoms with Gasteiger partial charge in [-0.1, -0.05) is 0 Å². The Bertz CT molecular complexity index is 2060. The summed E-state index contributed by atoms with van der Waals surface area (Å²) in [5.74, 6) is -1.32. The summed E-state index contributed by atoms with van der Waals surface area (Å²) in [7, 11) is 17.5. The zero-order chi connectivity index (χ0) is 38.4. The van der Waals surface area contributed by atoms with Crippen LogP contribution in [0.3, 0.4) is 0 Å². The molecule has 0 amide bonds. The molecule has 4 aromatic carbocycles. The first-order valence-electron chi connectivity index (χ1n) is 19.4. The summed E-state index contributed by atoms with van der Waals surface area (Å²) in [5, 5.41) is 0. The summed E-state index contributed by atoms with van der Waals surface area (Å²) in [6.07, 6.45) is 4.95. The second kappa shape index (κ2) is 13.4. The Labute approximate surface area is 325 Å². The summed E-state index contributed by atoms with van der Waals surface area (Å²) in [4.78, 5) is 0. The molecule has 0 bridgehead atoms. The zero-order valence-electron chi connectivity index (χ0n) is 34.2. The molecule has 0 heterocycles. The molecule has 2 aliphatic carbocycles. The molecule has 4 heteroatoms. The topological polar surface area (TPSA) is 0 Å². The quantitative estimate of drug-likeness (QED) is 0.169. The third-order valence-corrected chi connectivity index (χ3v) is 85.3. The molecule has 0 radical (unpaired) electrons. The minimum absolute atomic E-state index is 0.0385. The number of rotatable bonds is 6. The van der Waals surface area contributed by atoms with Crippen LogP contribution in [0.5, 0.6) is 0 Å². The molecule has 2 aliphatic rings. The van der Waals surface area contributed by atoms with Crippen LogP contribution in [-0.2, 0) is 31.5 Å². The van der Waals surface area contributed by atoms with Crippen molar-refractivity contribution in [3.05, 3.63) is 129 Å². The van der Waals surface area contributed by atoms with Crippen molar-refractivity contribution in [2.45, 2.75) is 120 Å². The van der Waals surface area contributed by atoms with Crippen LogP contribution in [0.1, 0.15) is 129 Å². The Hall–Kier alpha value is -1.97. The monoisotopic (exact) mass is 915 g/mol. The van der Waals surface area contributed by atoms with E-state index in [0.29, 0.717) is 5.92 Å². The van der Waals surface area contributed by atoms with Gasteiger partial charge in [0.1, 0.15) is 0 Å². The molecule has 4 aromatic rings. The van der Waals surface area contributed by atoms with E-state index in [2.05, 4.69) is 187 Å². The van der Waals surface area contributed by atoms with Crippen molar-refractivity contribution in [3.63, 3.8) is 0 Å². The number of benzene rings is 4. The van der Waals surface area contributed by atoms with Crippen LogP contribution >= 0.6 is 17.2 Å². The molecule has 2 atom stereocenters. The van der Waals surface area contributed by atoms with Gasteiger partial charge in [-0.25, -0.2) is 0 Å². The van der Waals surface area contributed by atoms with Crippen LogP contribution in [0.4, 0.5) is 0 Å². The number of hydrogen-bond acceptors (Lipinski definition) is 0. The summed E-state index contributed by atoms with van der Waals surface area (Å²) in [6.45, 7) is 32.7. The Balaban J connectivity index is 1.55. The molecule has 0 aromatic heterocycles. The Kier molecular flexibility index (Phi) is 10.2. The van der Waals surface area contributed by atoms with Crippen LogP contribution in [0.2, 0.25) is 13.1 Å². The van der Waals surface area contributed by atoms with Gasteiger partial charge in [0.2, 0.25) is 0 Å². The van der Waals surface area contributed by atoms with Crippen LogP contribution in [0.15, 0.2) is 90.0 Å². The molecular weight excluding hydrogens is 854 g/mol. The molecule has 0 fully saturated rings. The van der Waals surface area contributed by atoms with E-state index in [4.69, 9.17) is 17.2 Å². The SMILES string of the molecule is CC1=Cc2c(-c3cc(C(C)(C)C)cc(C(C)(C)C)c3)cccc2[CH]1[Hf]([Cl])([Cl])([CH]1C(C(C)C)=Cc2c(-c3ccc(C(C)(C)C)cc3)cccc21)[SiH](C)C. The van der Waals surface area contributed by atoms with Crippen molar-refractivity contribution in [2.75, 3.05) is 0 Å². The third kappa shape index (κ3) is 6.69. The van der Waals surface area contributed by atoms with Gasteiger partial charge in [-0.05, 0) is 0 Å². The van der Waals surface area contributed by atoms with Gasteiger partial charge in [-0.2, -0.15) is 0 Å². The number of allylic oxidation sites excluding steroid dienone is 2. The molecule has 52 heavy (non-hydrogen) atoms. The Morgan fingerprint density at radius 3 is 1.50 bits per heavy atom. The van der Waals surface area contributed by atoms with E-state index < -0.39 is 21.3 Å². The van der Waals surface area contributed by atoms with Crippen molar-refractivity contribution < 1.29 is 15.3 Å². The summed E-state index contributed by atoms with van der Waals surface area (Å²) >= 11 is -5.04. The van der Waals surface area contributed by atoms with E-state index in [-0.39, 0.29) is 23.6 Å². The van der Waals surface area contributed by atoms with Crippen molar-refractivity contribution in [3.8, 4) is 22.3 Å². The van der Waals surface area contributed by atoms with E-state index in [1.54, 1.807) is 0 Å². The molecule has 0 spiro atoms. The molecule has 0 nitrogen and oxygen atoms in total. The number of hydrogen-bond donors (Lipinski definition) is 0. The Morgan fingerprint density at radius 1 is 0.577 bits per heavy atom. The van der Waals surface area contributed by atoms with Gasteiger partial charge in [0.05, 0.1) is 0 Å². The van der Waals surface area contributed by atoms with Crippen molar-refractivity contribution in [2.24, 2.45) is 5.92 Å². The van der Waals surface area contributed by atoms with Gasteiger partial charge in [0.15, 0.2) is 0 Å². The average Bonchev–Trinajstić information content (AvgIpc) is 3.62. The normalized spacial score (nSPS) is 18.6. The summed E-state index contributed by atoms with van der Waals surface area (Å²) < 4.78 is 0.151. The van der Waals surface area contributed by atoms with Gasteiger partial charge in [-0.15, -0.1) is 0 Å². The van der Waals surface area contributed by atoms with Gasteiger partial charge in [0.25, 0.3) is 0 Å². The molecule has 6 rings (SSSR count). The van der Waals surface area contributed by atoms with Crippen LogP contribution in [0.25, 0.3) is 34.4 Å². The Morgan fingerprint density at radius 2 is 1.04 bits per heavy atom. The summed E-state index contributed by atoms with van der Waals surface area (Å²) in [6, 6.07) is 30.3. The standard InChI is InChI=1S/C24H29.C22H25.C2H7Si.2ClH.Hf/c1-16-11-17-9-8-10-21(22(17)12-16)18-13-19(23(2,3)4)15-20(14-18)24(5,6)7;1-15(2)18-13-17-7-6-8-20(21(17)14-18)16-9-11-19(12-10-16)22(3,4)5;1-3-2;;;/h8-15H,1-7H3;6-15H,1-5H3;3H,1-2H3;2*1H;/q;;;;;+2/p-2. The fraction of sp³-hybridized carbons (Fsp3) is 0.417. The van der Waals surface area contributed by atoms with E-state index >= 15 is 0 Å². The first-order valence-corrected chi connectivity index (χ1v) is 41.6. The van der Waals surface area contributed by atoms with Crippen LogP contribution in [0, 0.1) is 5.92 Å². The van der Waals surface area contributed by atoms with E-state index in [1.165, 1.54) is 72.3 Å². The van der Waals surface area contributed by atoms with E-state index in [0.717, 1.165) is 0 Å². The third-order valence-electron chi connectivity index (χ3n) is 12.3. The van der Waals surface area contributed by atoms with Gasteiger partial charge in [-0.3, -0.25) is 0 Å². The zero-order valence-corrected chi connectivity index (χ0v) is 40.5. The number of halogens is 2. The maximum atomic E-state index is 8.73. The second-order valence-electron chi connectivity index (χ2n) is 19.7. The van der Waals surface area contributed by atoms with Crippen LogP contribution in [-0.4, -0.2) is 5.98 Å². The van der Waals surface area contributed by atoms with Crippen LogP contribution < -0.4 is 0 Å². The first kappa shape index (κ1) is 39.7. The molecular formula is C48H61Cl2HfSi. The average molecular weight is 915 g/mol. The fourth-order valence-corrected chi connectivity index (χ4v) is 54.5. The molecule has 275 valence electrons. The van der Waals surface area contributed by atoms with Gasteiger partial charge in [0, 0.05) is 0 Å². The van der Waals surface area contributed by atoms with Crippen molar-refractivity contribution >= 4 is 35.3 Å². The maximum absolute atomic E-state index is 8.73. The van der Waals surface area contributed by atoms with E-state index in [9.17, 15) is 0 Å². The summed E-state index contributed by atoms with van der Waals surface area (Å²) in [5.41, 5.74) is 17.5. The number of fused-ring (bicyclic) bond motifs is 2. The van der Waals surface area contributed by atoms with Crippen molar-refractivity contribution in [1.82, 2.24) is 0 Å². The van der Waals surface area contributed by atoms with E-state index in [1.807, 2.05) is 0 Å². The molecule has 0 N–H and O–H groups in total. The predicted octanol–water partition coefficient (Wildman–Crippen LogP) is 15.1. The second-order valence-corrected chi connectivity index (χ2v) is 79.0. The van der Waals surface area contributed by atoms with Gasteiger partial charge >= 0.3 is 327 Å². The molecule has 0 aliphatic heterocycles. The fourth-order valence-electron chi connectivity index (χ4n) is 8.96.